The van der Waals surface area contributed by atoms with Gasteiger partial charge in [0.15, 0.2) is 23.2 Å². The Morgan fingerprint density at radius 2 is 1.87 bits per heavy atom. The Morgan fingerprint density at radius 1 is 1.06 bits per heavy atom. The summed E-state index contributed by atoms with van der Waals surface area (Å²) in [5.74, 6) is 0.916. The lowest BCUT2D eigenvalue weighted by Gasteiger charge is -2.20. The van der Waals surface area contributed by atoms with Crippen LogP contribution in [0.2, 0.25) is 0 Å². The molecule has 0 radical (unpaired) electrons. The molecule has 0 bridgehead atoms. The number of hydrogen-bond donors (Lipinski definition) is 0. The normalized spacial score (nSPS) is 10.8. The highest BCUT2D eigenvalue weighted by molar-refractivity contribution is 7.22. The highest BCUT2D eigenvalue weighted by Gasteiger charge is 2.22. The van der Waals surface area contributed by atoms with Gasteiger partial charge in [0.1, 0.15) is 0 Å². The molecule has 7 heteroatoms. The topological polar surface area (TPSA) is 64.6 Å². The fourth-order valence-corrected chi connectivity index (χ4v) is 4.26. The van der Waals surface area contributed by atoms with Gasteiger partial charge < -0.3 is 9.47 Å². The zero-order valence-electron chi connectivity index (χ0n) is 17.7. The number of thiazole rings is 1. The molecule has 2 aromatic heterocycles. The van der Waals surface area contributed by atoms with E-state index in [0.29, 0.717) is 23.2 Å². The average Bonchev–Trinajstić information content (AvgIpc) is 3.24. The number of carbonyl (C=O) groups excluding carboxylic acids is 1. The number of benzene rings is 2. The van der Waals surface area contributed by atoms with Crippen molar-refractivity contribution in [2.24, 2.45) is 0 Å². The number of nitrogens with zero attached hydrogens (tertiary/aromatic N) is 3. The molecule has 31 heavy (non-hydrogen) atoms. The number of anilines is 1. The molecule has 0 saturated carbocycles. The van der Waals surface area contributed by atoms with Crippen molar-refractivity contribution in [2.45, 2.75) is 20.4 Å². The quantitative estimate of drug-likeness (QED) is 0.414. The minimum Gasteiger partial charge on any atom is -0.493 e. The number of pyridine rings is 1. The van der Waals surface area contributed by atoms with Crippen molar-refractivity contribution >= 4 is 32.6 Å². The summed E-state index contributed by atoms with van der Waals surface area (Å²) in [5, 5.41) is 0.640. The SMILES string of the molecule is COc1ccccc1OCC(=O)N(Cc1cccnc1)c1nc2c(C)c(C)ccc2s1. The van der Waals surface area contributed by atoms with E-state index in [1.54, 1.807) is 36.5 Å². The van der Waals surface area contributed by atoms with E-state index in [2.05, 4.69) is 31.0 Å². The van der Waals surface area contributed by atoms with Crippen molar-refractivity contribution in [3.8, 4) is 11.5 Å². The molecule has 0 saturated heterocycles. The fourth-order valence-electron chi connectivity index (χ4n) is 3.22. The largest absolute Gasteiger partial charge is 0.493 e. The van der Waals surface area contributed by atoms with Gasteiger partial charge in [0.25, 0.3) is 5.91 Å². The summed E-state index contributed by atoms with van der Waals surface area (Å²) in [6.45, 7) is 4.35. The lowest BCUT2D eigenvalue weighted by molar-refractivity contribution is -0.120. The molecule has 0 fully saturated rings. The third kappa shape index (κ3) is 4.51. The second-order valence-corrected chi connectivity index (χ2v) is 8.14. The average molecular weight is 434 g/mol. The summed E-state index contributed by atoms with van der Waals surface area (Å²) in [6.07, 6.45) is 3.47. The molecule has 0 aliphatic carbocycles. The van der Waals surface area contributed by atoms with Crippen LogP contribution in [0.5, 0.6) is 11.5 Å². The molecule has 0 aliphatic rings. The summed E-state index contributed by atoms with van der Waals surface area (Å²) in [5.41, 5.74) is 4.14. The highest BCUT2D eigenvalue weighted by Crippen LogP contribution is 2.33. The number of ether oxygens (including phenoxy) is 2. The monoisotopic (exact) mass is 433 g/mol. The van der Waals surface area contributed by atoms with Gasteiger partial charge in [-0.2, -0.15) is 0 Å². The Balaban J connectivity index is 1.64. The van der Waals surface area contributed by atoms with Crippen molar-refractivity contribution in [3.63, 3.8) is 0 Å². The summed E-state index contributed by atoms with van der Waals surface area (Å²) < 4.78 is 12.2. The standard InChI is InChI=1S/C24H23N3O3S/c1-16-10-11-21-23(17(16)2)26-24(31-21)27(14-18-7-6-12-25-13-18)22(28)15-30-20-9-5-4-8-19(20)29-3/h4-13H,14-15H2,1-3H3. The van der Waals surface area contributed by atoms with E-state index in [4.69, 9.17) is 14.5 Å². The van der Waals surface area contributed by atoms with Crippen molar-refractivity contribution in [1.82, 2.24) is 9.97 Å². The number of aryl methyl sites for hydroxylation is 2. The van der Waals surface area contributed by atoms with Crippen molar-refractivity contribution in [3.05, 3.63) is 77.6 Å². The molecule has 6 nitrogen and oxygen atoms in total. The number of aromatic nitrogens is 2. The van der Waals surface area contributed by atoms with E-state index in [0.717, 1.165) is 21.3 Å². The van der Waals surface area contributed by atoms with Crippen LogP contribution >= 0.6 is 11.3 Å². The number of fused-ring (bicyclic) bond motifs is 1. The van der Waals surface area contributed by atoms with E-state index in [9.17, 15) is 4.79 Å². The van der Waals surface area contributed by atoms with E-state index in [1.165, 1.54) is 16.9 Å². The van der Waals surface area contributed by atoms with Crippen LogP contribution in [0.15, 0.2) is 60.9 Å². The summed E-state index contributed by atoms with van der Waals surface area (Å²) in [7, 11) is 1.57. The highest BCUT2D eigenvalue weighted by atomic mass is 32.1. The first-order valence-corrected chi connectivity index (χ1v) is 10.7. The van der Waals surface area contributed by atoms with Crippen LogP contribution in [0, 0.1) is 13.8 Å². The van der Waals surface area contributed by atoms with Crippen LogP contribution in [-0.4, -0.2) is 29.6 Å². The van der Waals surface area contributed by atoms with E-state index in [1.807, 2.05) is 24.3 Å². The van der Waals surface area contributed by atoms with Gasteiger partial charge in [-0.25, -0.2) is 4.98 Å². The molecule has 1 amide bonds. The summed E-state index contributed by atoms with van der Waals surface area (Å²) in [4.78, 5) is 23.9. The van der Waals surface area contributed by atoms with Crippen LogP contribution < -0.4 is 14.4 Å². The van der Waals surface area contributed by atoms with Gasteiger partial charge in [-0.1, -0.05) is 35.6 Å². The summed E-state index contributed by atoms with van der Waals surface area (Å²) in [6, 6.07) is 15.2. The molecule has 0 N–H and O–H groups in total. The van der Waals surface area contributed by atoms with Gasteiger partial charge in [0, 0.05) is 12.4 Å². The summed E-state index contributed by atoms with van der Waals surface area (Å²) >= 11 is 1.50. The Hall–Kier alpha value is -3.45. The Kier molecular flexibility index (Phi) is 6.13. The predicted molar refractivity (Wildman–Crippen MR) is 123 cm³/mol. The first-order chi connectivity index (χ1) is 15.1. The third-order valence-electron chi connectivity index (χ3n) is 5.09. The lowest BCUT2D eigenvalue weighted by atomic mass is 10.1. The minimum absolute atomic E-state index is 0.130. The van der Waals surface area contributed by atoms with Crippen LogP contribution in [0.25, 0.3) is 10.2 Å². The lowest BCUT2D eigenvalue weighted by Crippen LogP contribution is -2.34. The Labute approximate surface area is 185 Å². The van der Waals surface area contributed by atoms with Crippen LogP contribution in [-0.2, 0) is 11.3 Å². The van der Waals surface area contributed by atoms with Crippen molar-refractivity contribution < 1.29 is 14.3 Å². The number of para-hydroxylation sites is 2. The molecule has 4 rings (SSSR count). The van der Waals surface area contributed by atoms with Crippen molar-refractivity contribution in [2.75, 3.05) is 18.6 Å². The smallest absolute Gasteiger partial charge is 0.267 e. The van der Waals surface area contributed by atoms with Crippen molar-refractivity contribution in [1.29, 1.82) is 0 Å². The molecular weight excluding hydrogens is 410 g/mol. The van der Waals surface area contributed by atoms with Gasteiger partial charge in [0.05, 0.1) is 23.9 Å². The maximum Gasteiger partial charge on any atom is 0.267 e. The fraction of sp³-hybridized carbons (Fsp3) is 0.208. The maximum absolute atomic E-state index is 13.3. The van der Waals surface area contributed by atoms with Gasteiger partial charge >= 0.3 is 0 Å². The first-order valence-electron chi connectivity index (χ1n) is 9.88. The molecule has 0 unspecified atom stereocenters. The van der Waals surface area contributed by atoms with Gasteiger partial charge in [0.2, 0.25) is 0 Å². The molecule has 0 aliphatic heterocycles. The van der Waals surface area contributed by atoms with E-state index < -0.39 is 0 Å². The molecule has 0 spiro atoms. The van der Waals surface area contributed by atoms with E-state index in [-0.39, 0.29) is 12.5 Å². The van der Waals surface area contributed by atoms with Gasteiger partial charge in [-0.15, -0.1) is 0 Å². The second kappa shape index (κ2) is 9.14. The molecule has 4 aromatic rings. The molecular formula is C24H23N3O3S. The Morgan fingerprint density at radius 3 is 2.61 bits per heavy atom. The predicted octanol–water partition coefficient (Wildman–Crippen LogP) is 4.93. The number of carbonyl (C=O) groups is 1. The zero-order valence-corrected chi connectivity index (χ0v) is 18.5. The zero-order chi connectivity index (χ0) is 21.8. The van der Waals surface area contributed by atoms with Gasteiger partial charge in [-0.05, 0) is 54.8 Å². The Bertz CT molecular complexity index is 1210. The number of amides is 1. The van der Waals surface area contributed by atoms with Gasteiger partial charge in [-0.3, -0.25) is 14.7 Å². The van der Waals surface area contributed by atoms with Crippen LogP contribution in [0.3, 0.4) is 0 Å². The maximum atomic E-state index is 13.3. The second-order valence-electron chi connectivity index (χ2n) is 7.13. The van der Waals surface area contributed by atoms with Crippen LogP contribution in [0.4, 0.5) is 5.13 Å². The molecule has 0 atom stereocenters. The minimum atomic E-state index is -0.191. The molecule has 158 valence electrons. The number of methoxy groups -OCH3 is 1. The third-order valence-corrected chi connectivity index (χ3v) is 6.13. The first kappa shape index (κ1) is 20.8. The van der Waals surface area contributed by atoms with Crippen LogP contribution in [0.1, 0.15) is 16.7 Å². The number of hydrogen-bond acceptors (Lipinski definition) is 6. The van der Waals surface area contributed by atoms with E-state index >= 15 is 0 Å². The molecule has 2 heterocycles. The molecule has 2 aromatic carbocycles. The number of rotatable bonds is 7.